The first-order valence-corrected chi connectivity index (χ1v) is 10.4. The van der Waals surface area contributed by atoms with Gasteiger partial charge in [0.25, 0.3) is 5.56 Å². The number of aromatic nitrogens is 2. The Balaban J connectivity index is 1.75. The number of nitrogens with two attached hydrogens (primary N) is 1. The summed E-state index contributed by atoms with van der Waals surface area (Å²) in [5.74, 6) is 0.0292. The van der Waals surface area contributed by atoms with E-state index in [2.05, 4.69) is 9.88 Å². The minimum absolute atomic E-state index is 0.139. The molecule has 0 radical (unpaired) electrons. The van der Waals surface area contributed by atoms with Crippen molar-refractivity contribution in [3.05, 3.63) is 69.8 Å². The van der Waals surface area contributed by atoms with Gasteiger partial charge in [-0.25, -0.2) is 9.78 Å². The van der Waals surface area contributed by atoms with Crippen molar-refractivity contribution in [1.29, 1.82) is 0 Å². The van der Waals surface area contributed by atoms with E-state index in [1.165, 1.54) is 23.0 Å². The number of nitrogen functional groups attached to an aromatic ring is 1. The maximum Gasteiger partial charge on any atom is 0.340 e. The molecule has 1 aliphatic rings. The topological polar surface area (TPSA) is 99.7 Å². The summed E-state index contributed by atoms with van der Waals surface area (Å²) in [4.78, 5) is 32.1. The number of carbonyl (C=O) groups excluding carboxylic acids is 1. The molecular formula is C22H18N4O4S. The van der Waals surface area contributed by atoms with Crippen molar-refractivity contribution in [2.45, 2.75) is 0 Å². The van der Waals surface area contributed by atoms with E-state index >= 15 is 0 Å². The van der Waals surface area contributed by atoms with E-state index in [1.807, 2.05) is 42.5 Å². The van der Waals surface area contributed by atoms with Crippen LogP contribution in [0.2, 0.25) is 0 Å². The Bertz CT molecular complexity index is 1360. The number of anilines is 3. The highest BCUT2D eigenvalue weighted by Gasteiger charge is 2.24. The second kappa shape index (κ2) is 7.44. The molecule has 2 aromatic carbocycles. The van der Waals surface area contributed by atoms with E-state index in [4.69, 9.17) is 15.2 Å². The first kappa shape index (κ1) is 19.1. The van der Waals surface area contributed by atoms with Crippen LogP contribution in [0.3, 0.4) is 0 Å². The summed E-state index contributed by atoms with van der Waals surface area (Å²) in [6.45, 7) is 1.21. The predicted octanol–water partition coefficient (Wildman–Crippen LogP) is 3.35. The van der Waals surface area contributed by atoms with Gasteiger partial charge < -0.3 is 20.1 Å². The Kier molecular flexibility index (Phi) is 4.59. The van der Waals surface area contributed by atoms with Gasteiger partial charge in [-0.3, -0.25) is 9.36 Å². The number of fused-ring (bicyclic) bond motifs is 2. The van der Waals surface area contributed by atoms with Crippen LogP contribution in [0.15, 0.2) is 58.7 Å². The summed E-state index contributed by atoms with van der Waals surface area (Å²) in [5.41, 5.74) is 8.44. The van der Waals surface area contributed by atoms with Crippen molar-refractivity contribution >= 4 is 44.8 Å². The fourth-order valence-corrected chi connectivity index (χ4v) is 4.63. The highest BCUT2D eigenvalue weighted by Crippen LogP contribution is 2.38. The molecule has 4 aromatic rings. The lowest BCUT2D eigenvalue weighted by Crippen LogP contribution is -2.29. The SMILES string of the molecule is COC(=O)c1csc2nc(N)c(=O)n(-c3ccc4c(c3)N(c3ccccc3)CCO4)c12. The number of rotatable bonds is 3. The molecule has 156 valence electrons. The summed E-state index contributed by atoms with van der Waals surface area (Å²) in [7, 11) is 1.30. The van der Waals surface area contributed by atoms with Crippen molar-refractivity contribution in [3.63, 3.8) is 0 Å². The van der Waals surface area contributed by atoms with E-state index in [-0.39, 0.29) is 11.4 Å². The Morgan fingerprint density at radius 3 is 2.77 bits per heavy atom. The molecule has 0 saturated heterocycles. The predicted molar refractivity (Wildman–Crippen MR) is 120 cm³/mol. The zero-order valence-electron chi connectivity index (χ0n) is 16.6. The monoisotopic (exact) mass is 434 g/mol. The molecule has 31 heavy (non-hydrogen) atoms. The smallest absolute Gasteiger partial charge is 0.340 e. The molecule has 0 amide bonds. The third kappa shape index (κ3) is 3.10. The second-order valence-corrected chi connectivity index (χ2v) is 7.78. The second-order valence-electron chi connectivity index (χ2n) is 6.92. The van der Waals surface area contributed by atoms with E-state index in [1.54, 1.807) is 11.4 Å². The van der Waals surface area contributed by atoms with Gasteiger partial charge in [0.2, 0.25) is 0 Å². The van der Waals surface area contributed by atoms with Crippen molar-refractivity contribution in [2.75, 3.05) is 30.9 Å². The fourth-order valence-electron chi connectivity index (χ4n) is 3.73. The molecule has 0 bridgehead atoms. The van der Waals surface area contributed by atoms with Gasteiger partial charge in [0.15, 0.2) is 5.82 Å². The number of methoxy groups -OCH3 is 1. The highest BCUT2D eigenvalue weighted by atomic mass is 32.1. The van der Waals surface area contributed by atoms with Crippen LogP contribution in [0.5, 0.6) is 5.75 Å². The lowest BCUT2D eigenvalue weighted by molar-refractivity contribution is 0.0603. The van der Waals surface area contributed by atoms with Gasteiger partial charge in [-0.05, 0) is 30.3 Å². The molecule has 0 saturated carbocycles. The molecule has 0 atom stereocenters. The van der Waals surface area contributed by atoms with Gasteiger partial charge >= 0.3 is 5.97 Å². The van der Waals surface area contributed by atoms with Gasteiger partial charge in [-0.1, -0.05) is 18.2 Å². The minimum atomic E-state index is -0.543. The van der Waals surface area contributed by atoms with E-state index in [9.17, 15) is 9.59 Å². The molecule has 0 unspecified atom stereocenters. The summed E-state index contributed by atoms with van der Waals surface area (Å²) >= 11 is 1.23. The van der Waals surface area contributed by atoms with Crippen LogP contribution in [0, 0.1) is 0 Å². The van der Waals surface area contributed by atoms with Gasteiger partial charge in [0.05, 0.1) is 30.6 Å². The Labute approximate surface area is 181 Å². The van der Waals surface area contributed by atoms with Crippen LogP contribution in [-0.2, 0) is 4.74 Å². The van der Waals surface area contributed by atoms with E-state index in [0.717, 1.165) is 11.4 Å². The van der Waals surface area contributed by atoms with Crippen LogP contribution in [0.4, 0.5) is 17.2 Å². The number of benzene rings is 2. The summed E-state index contributed by atoms with van der Waals surface area (Å²) < 4.78 is 12.1. The Hall–Kier alpha value is -3.85. The largest absolute Gasteiger partial charge is 0.490 e. The number of hydrogen-bond donors (Lipinski definition) is 1. The maximum atomic E-state index is 13.0. The molecule has 1 aliphatic heterocycles. The lowest BCUT2D eigenvalue weighted by Gasteiger charge is -2.31. The van der Waals surface area contributed by atoms with Crippen LogP contribution < -0.4 is 20.9 Å². The first-order valence-electron chi connectivity index (χ1n) is 9.56. The average Bonchev–Trinajstić information content (AvgIpc) is 3.22. The molecule has 0 spiro atoms. The number of ether oxygens (including phenoxy) is 2. The number of nitrogens with zero attached hydrogens (tertiary/aromatic N) is 3. The third-order valence-corrected chi connectivity index (χ3v) is 6.01. The van der Waals surface area contributed by atoms with Gasteiger partial charge in [-0.2, -0.15) is 0 Å². The zero-order valence-corrected chi connectivity index (χ0v) is 17.4. The highest BCUT2D eigenvalue weighted by molar-refractivity contribution is 7.17. The molecule has 3 heterocycles. The van der Waals surface area contributed by atoms with Gasteiger partial charge in [-0.15, -0.1) is 11.3 Å². The number of thiophene rings is 1. The lowest BCUT2D eigenvalue weighted by atomic mass is 10.1. The van der Waals surface area contributed by atoms with Crippen LogP contribution in [0.1, 0.15) is 10.4 Å². The van der Waals surface area contributed by atoms with Crippen molar-refractivity contribution in [3.8, 4) is 11.4 Å². The number of hydrogen-bond acceptors (Lipinski definition) is 8. The molecule has 5 rings (SSSR count). The van der Waals surface area contributed by atoms with Crippen LogP contribution >= 0.6 is 11.3 Å². The molecule has 9 heteroatoms. The van der Waals surface area contributed by atoms with Crippen molar-refractivity contribution in [1.82, 2.24) is 9.55 Å². The fraction of sp³-hybridized carbons (Fsp3) is 0.136. The van der Waals surface area contributed by atoms with Crippen molar-refractivity contribution in [2.24, 2.45) is 0 Å². The number of esters is 1. The van der Waals surface area contributed by atoms with E-state index < -0.39 is 11.5 Å². The van der Waals surface area contributed by atoms with Crippen molar-refractivity contribution < 1.29 is 14.3 Å². The summed E-state index contributed by atoms with van der Waals surface area (Å²) in [6.07, 6.45) is 0. The zero-order chi connectivity index (χ0) is 21.5. The van der Waals surface area contributed by atoms with Gasteiger partial charge in [0, 0.05) is 11.1 Å². The number of para-hydroxylation sites is 1. The minimum Gasteiger partial charge on any atom is -0.490 e. The number of carbonyl (C=O) groups is 1. The molecule has 8 nitrogen and oxygen atoms in total. The summed E-state index contributed by atoms with van der Waals surface area (Å²) in [5, 5.41) is 1.62. The molecule has 2 N–H and O–H groups in total. The quantitative estimate of drug-likeness (QED) is 0.494. The van der Waals surface area contributed by atoms with Gasteiger partial charge in [0.1, 0.15) is 22.7 Å². The molecule has 0 fully saturated rings. The Morgan fingerprint density at radius 2 is 2.00 bits per heavy atom. The maximum absolute atomic E-state index is 13.0. The third-order valence-electron chi connectivity index (χ3n) is 5.15. The molecule has 2 aromatic heterocycles. The average molecular weight is 434 g/mol. The normalized spacial score (nSPS) is 13.0. The summed E-state index contributed by atoms with van der Waals surface area (Å²) in [6, 6.07) is 15.4. The standard InChI is InChI=1S/C22H18N4O4S/c1-29-22(28)15-12-31-20-18(15)26(21(27)19(23)24-20)14-7-8-17-16(11-14)25(9-10-30-17)13-5-3-2-4-6-13/h2-8,11-12H,9-10H2,1H3,(H2,23,24). The Morgan fingerprint density at radius 1 is 1.19 bits per heavy atom. The molecular weight excluding hydrogens is 416 g/mol. The molecule has 0 aliphatic carbocycles. The van der Waals surface area contributed by atoms with E-state index in [0.29, 0.717) is 34.9 Å². The first-order chi connectivity index (χ1) is 15.1. The van der Waals surface area contributed by atoms with Crippen LogP contribution in [0.25, 0.3) is 16.0 Å². The van der Waals surface area contributed by atoms with Crippen LogP contribution in [-0.4, -0.2) is 35.8 Å².